The van der Waals surface area contributed by atoms with Crippen LogP contribution in [-0.2, 0) is 4.79 Å². The summed E-state index contributed by atoms with van der Waals surface area (Å²) in [4.78, 5) is 39.3. The van der Waals surface area contributed by atoms with Gasteiger partial charge in [0.1, 0.15) is 17.2 Å². The molecule has 0 bridgehead atoms. The molecule has 0 saturated carbocycles. The van der Waals surface area contributed by atoms with Gasteiger partial charge in [-0.05, 0) is 37.3 Å². The molecule has 1 heterocycles. The lowest BCUT2D eigenvalue weighted by Crippen LogP contribution is -2.48. The SMILES string of the molecule is COc1ccc(OC)c([C@@H](C)NC(=O)c2ccc(N3CCN(C(C)=O)CC3)c([N+](=O)[O-])c2)c1. The molecule has 1 saturated heterocycles. The van der Waals surface area contributed by atoms with Crippen LogP contribution in [0.4, 0.5) is 11.4 Å². The Morgan fingerprint density at radius 3 is 2.33 bits per heavy atom. The number of piperazine rings is 1. The number of anilines is 1. The van der Waals surface area contributed by atoms with Crippen LogP contribution in [0.3, 0.4) is 0 Å². The lowest BCUT2D eigenvalue weighted by molar-refractivity contribution is -0.384. The zero-order chi connectivity index (χ0) is 24.1. The summed E-state index contributed by atoms with van der Waals surface area (Å²) in [5, 5.41) is 14.6. The summed E-state index contributed by atoms with van der Waals surface area (Å²) >= 11 is 0. The second-order valence-electron chi connectivity index (χ2n) is 7.76. The summed E-state index contributed by atoms with van der Waals surface area (Å²) in [6.45, 7) is 5.26. The number of amides is 2. The van der Waals surface area contributed by atoms with Crippen molar-refractivity contribution in [3.63, 3.8) is 0 Å². The van der Waals surface area contributed by atoms with Gasteiger partial charge in [0.15, 0.2) is 0 Å². The van der Waals surface area contributed by atoms with Gasteiger partial charge in [0.2, 0.25) is 5.91 Å². The van der Waals surface area contributed by atoms with E-state index in [0.717, 1.165) is 5.56 Å². The Kier molecular flexibility index (Phi) is 7.37. The zero-order valence-corrected chi connectivity index (χ0v) is 19.2. The first-order valence-corrected chi connectivity index (χ1v) is 10.6. The standard InChI is InChI=1S/C23H28N4O6/c1-15(19-14-18(32-3)6-8-22(19)33-4)24-23(29)17-5-7-20(21(13-17)27(30)31)26-11-9-25(10-12-26)16(2)28/h5-8,13-15H,9-12H2,1-4H3,(H,24,29)/t15-/m1/s1. The van der Waals surface area contributed by atoms with Gasteiger partial charge in [-0.25, -0.2) is 0 Å². The van der Waals surface area contributed by atoms with Crippen LogP contribution in [0.2, 0.25) is 0 Å². The molecule has 176 valence electrons. The Morgan fingerprint density at radius 1 is 1.06 bits per heavy atom. The molecule has 0 spiro atoms. The van der Waals surface area contributed by atoms with E-state index in [9.17, 15) is 19.7 Å². The van der Waals surface area contributed by atoms with E-state index in [1.807, 2.05) is 4.90 Å². The van der Waals surface area contributed by atoms with Gasteiger partial charge < -0.3 is 24.6 Å². The van der Waals surface area contributed by atoms with E-state index in [-0.39, 0.29) is 17.2 Å². The fourth-order valence-corrected chi connectivity index (χ4v) is 3.88. The van der Waals surface area contributed by atoms with Crippen molar-refractivity contribution in [2.24, 2.45) is 0 Å². The summed E-state index contributed by atoms with van der Waals surface area (Å²) in [5.41, 5.74) is 1.19. The number of hydrogen-bond donors (Lipinski definition) is 1. The average Bonchev–Trinajstić information content (AvgIpc) is 2.83. The molecule has 2 amide bonds. The maximum atomic E-state index is 12.9. The summed E-state index contributed by atoms with van der Waals surface area (Å²) in [7, 11) is 3.09. The third-order valence-electron chi connectivity index (χ3n) is 5.75. The first-order valence-electron chi connectivity index (χ1n) is 10.6. The van der Waals surface area contributed by atoms with Gasteiger partial charge >= 0.3 is 0 Å². The van der Waals surface area contributed by atoms with E-state index < -0.39 is 16.9 Å². The minimum atomic E-state index is -0.488. The predicted octanol–water partition coefficient (Wildman–Crippen LogP) is 2.77. The van der Waals surface area contributed by atoms with Crippen molar-refractivity contribution < 1.29 is 24.0 Å². The highest BCUT2D eigenvalue weighted by molar-refractivity contribution is 5.96. The van der Waals surface area contributed by atoms with E-state index >= 15 is 0 Å². The van der Waals surface area contributed by atoms with Gasteiger partial charge in [0, 0.05) is 50.3 Å². The van der Waals surface area contributed by atoms with Crippen LogP contribution in [-0.4, -0.2) is 62.0 Å². The molecular formula is C23H28N4O6. The van der Waals surface area contributed by atoms with Crippen molar-refractivity contribution in [3.05, 3.63) is 57.6 Å². The number of methoxy groups -OCH3 is 2. The number of nitrogens with zero attached hydrogens (tertiary/aromatic N) is 3. The lowest BCUT2D eigenvalue weighted by atomic mass is 10.1. The van der Waals surface area contributed by atoms with Crippen LogP contribution in [0.25, 0.3) is 0 Å². The quantitative estimate of drug-likeness (QED) is 0.503. The molecule has 33 heavy (non-hydrogen) atoms. The fourth-order valence-electron chi connectivity index (χ4n) is 3.88. The maximum Gasteiger partial charge on any atom is 0.293 e. The van der Waals surface area contributed by atoms with Crippen LogP contribution >= 0.6 is 0 Å². The number of benzene rings is 2. The number of nitro benzene ring substituents is 1. The topological polar surface area (TPSA) is 114 Å². The Labute approximate surface area is 192 Å². The normalized spacial score (nSPS) is 14.4. The summed E-state index contributed by atoms with van der Waals surface area (Å²) in [5.74, 6) is 0.757. The molecule has 1 aliphatic heterocycles. The minimum absolute atomic E-state index is 0.0158. The molecule has 0 aliphatic carbocycles. The molecule has 10 nitrogen and oxygen atoms in total. The molecule has 2 aromatic rings. The first-order chi connectivity index (χ1) is 15.7. The van der Waals surface area contributed by atoms with Crippen molar-refractivity contribution in [1.82, 2.24) is 10.2 Å². The smallest absolute Gasteiger partial charge is 0.293 e. The number of rotatable bonds is 7. The third kappa shape index (κ3) is 5.33. The number of nitro groups is 1. The van der Waals surface area contributed by atoms with Gasteiger partial charge in [-0.3, -0.25) is 19.7 Å². The van der Waals surface area contributed by atoms with Crippen LogP contribution in [0.1, 0.15) is 35.8 Å². The zero-order valence-electron chi connectivity index (χ0n) is 19.2. The number of carbonyl (C=O) groups is 2. The average molecular weight is 456 g/mol. The maximum absolute atomic E-state index is 12.9. The molecule has 1 aliphatic rings. The van der Waals surface area contributed by atoms with Crippen molar-refractivity contribution in [2.45, 2.75) is 19.9 Å². The van der Waals surface area contributed by atoms with E-state index in [1.54, 1.807) is 49.3 Å². The van der Waals surface area contributed by atoms with Crippen LogP contribution in [0.15, 0.2) is 36.4 Å². The molecule has 0 aromatic heterocycles. The molecule has 1 fully saturated rings. The third-order valence-corrected chi connectivity index (χ3v) is 5.75. The van der Waals surface area contributed by atoms with Gasteiger partial charge in [-0.15, -0.1) is 0 Å². The molecule has 3 rings (SSSR count). The summed E-state index contributed by atoms with van der Waals surface area (Å²) < 4.78 is 10.6. The molecule has 2 aromatic carbocycles. The minimum Gasteiger partial charge on any atom is -0.497 e. The number of nitrogens with one attached hydrogen (secondary N) is 1. The Morgan fingerprint density at radius 2 is 1.76 bits per heavy atom. The molecule has 10 heteroatoms. The molecule has 1 N–H and O–H groups in total. The highest BCUT2D eigenvalue weighted by Crippen LogP contribution is 2.32. The lowest BCUT2D eigenvalue weighted by Gasteiger charge is -2.35. The van der Waals surface area contributed by atoms with Crippen LogP contribution in [0.5, 0.6) is 11.5 Å². The highest BCUT2D eigenvalue weighted by atomic mass is 16.6. The van der Waals surface area contributed by atoms with Crippen LogP contribution < -0.4 is 19.7 Å². The predicted molar refractivity (Wildman–Crippen MR) is 123 cm³/mol. The van der Waals surface area contributed by atoms with Gasteiger partial charge in [0.05, 0.1) is 25.2 Å². The largest absolute Gasteiger partial charge is 0.497 e. The van der Waals surface area contributed by atoms with Gasteiger partial charge in [-0.2, -0.15) is 0 Å². The Balaban J connectivity index is 1.80. The molecule has 1 atom stereocenters. The van der Waals surface area contributed by atoms with E-state index in [0.29, 0.717) is 43.4 Å². The second-order valence-corrected chi connectivity index (χ2v) is 7.76. The van der Waals surface area contributed by atoms with Crippen molar-refractivity contribution in [2.75, 3.05) is 45.3 Å². The first kappa shape index (κ1) is 23.8. The Bertz CT molecular complexity index is 1050. The van der Waals surface area contributed by atoms with Gasteiger partial charge in [0.25, 0.3) is 11.6 Å². The van der Waals surface area contributed by atoms with E-state index in [1.165, 1.54) is 20.1 Å². The molecule has 0 unspecified atom stereocenters. The number of ether oxygens (including phenoxy) is 2. The second kappa shape index (κ2) is 10.2. The number of carbonyl (C=O) groups excluding carboxylic acids is 2. The van der Waals surface area contributed by atoms with Crippen LogP contribution in [0, 0.1) is 10.1 Å². The summed E-state index contributed by atoms with van der Waals surface area (Å²) in [6.07, 6.45) is 0. The number of hydrogen-bond acceptors (Lipinski definition) is 7. The summed E-state index contributed by atoms with van der Waals surface area (Å²) in [6, 6.07) is 9.31. The molecular weight excluding hydrogens is 428 g/mol. The van der Waals surface area contributed by atoms with Crippen molar-refractivity contribution in [1.29, 1.82) is 0 Å². The highest BCUT2D eigenvalue weighted by Gasteiger charge is 2.26. The van der Waals surface area contributed by atoms with Crippen molar-refractivity contribution in [3.8, 4) is 11.5 Å². The fraction of sp³-hybridized carbons (Fsp3) is 0.391. The monoisotopic (exact) mass is 456 g/mol. The van der Waals surface area contributed by atoms with E-state index in [2.05, 4.69) is 5.32 Å². The van der Waals surface area contributed by atoms with Crippen molar-refractivity contribution >= 4 is 23.2 Å². The Hall–Kier alpha value is -3.82. The van der Waals surface area contributed by atoms with E-state index in [4.69, 9.17) is 9.47 Å². The van der Waals surface area contributed by atoms with Gasteiger partial charge in [-0.1, -0.05) is 0 Å². The molecule has 0 radical (unpaired) electrons.